The van der Waals surface area contributed by atoms with Gasteiger partial charge in [0.25, 0.3) is 0 Å². The van der Waals surface area contributed by atoms with E-state index in [2.05, 4.69) is 6.58 Å². The van der Waals surface area contributed by atoms with Crippen molar-refractivity contribution in [3.05, 3.63) is 12.7 Å². The summed E-state index contributed by atoms with van der Waals surface area (Å²) < 4.78 is 28.7. The Balaban J connectivity index is 5.12. The van der Waals surface area contributed by atoms with E-state index in [1.807, 2.05) is 20.8 Å². The predicted octanol–water partition coefficient (Wildman–Crippen LogP) is 3.42. The van der Waals surface area contributed by atoms with Crippen LogP contribution in [-0.2, 0) is 23.6 Å². The van der Waals surface area contributed by atoms with Gasteiger partial charge < -0.3 is 0 Å². The molecule has 1 atom stereocenters. The highest BCUT2D eigenvalue weighted by molar-refractivity contribution is 7.65. The SMILES string of the molecule is C=CC(=O)[P+](=O)C(OCCC)(OCCC)OCCC. The largest absolute Gasteiger partial charge is 0.519 e. The molecular weight excluding hydrogens is 267 g/mol. The van der Waals surface area contributed by atoms with Crippen LogP contribution in [0.25, 0.3) is 0 Å². The Kier molecular flexibility index (Phi) is 9.88. The zero-order valence-electron chi connectivity index (χ0n) is 12.0. The lowest BCUT2D eigenvalue weighted by molar-refractivity contribution is -0.322. The summed E-state index contributed by atoms with van der Waals surface area (Å²) in [6, 6.07) is 0. The summed E-state index contributed by atoms with van der Waals surface area (Å²) in [5.41, 5.74) is -2.40. The number of ether oxygens (including phenoxy) is 3. The maximum atomic E-state index is 12.3. The van der Waals surface area contributed by atoms with Crippen LogP contribution in [0.2, 0.25) is 0 Å². The third-order valence-electron chi connectivity index (χ3n) is 2.09. The molecule has 0 rings (SSSR count). The smallest absolute Gasteiger partial charge is 0.285 e. The van der Waals surface area contributed by atoms with E-state index in [0.29, 0.717) is 39.1 Å². The molecule has 19 heavy (non-hydrogen) atoms. The molecule has 0 radical (unpaired) electrons. The maximum Gasteiger partial charge on any atom is 0.519 e. The number of carbonyl (C=O) groups excluding carboxylic acids is 1. The van der Waals surface area contributed by atoms with Crippen molar-refractivity contribution in [1.29, 1.82) is 0 Å². The third-order valence-corrected chi connectivity index (χ3v) is 3.56. The summed E-state index contributed by atoms with van der Waals surface area (Å²) in [5, 5.41) is 0. The van der Waals surface area contributed by atoms with Crippen molar-refractivity contribution in [2.24, 2.45) is 0 Å². The maximum absolute atomic E-state index is 12.3. The molecule has 6 heteroatoms. The lowest BCUT2D eigenvalue weighted by Gasteiger charge is -2.22. The van der Waals surface area contributed by atoms with Gasteiger partial charge in [-0.15, -0.1) is 0 Å². The zero-order chi connectivity index (χ0) is 14.7. The van der Waals surface area contributed by atoms with Crippen molar-refractivity contribution in [2.75, 3.05) is 19.8 Å². The minimum Gasteiger partial charge on any atom is -0.285 e. The minimum atomic E-state index is -2.50. The molecule has 0 amide bonds. The van der Waals surface area contributed by atoms with E-state index < -0.39 is 19.0 Å². The molecule has 0 N–H and O–H groups in total. The van der Waals surface area contributed by atoms with E-state index in [0.717, 1.165) is 6.08 Å². The van der Waals surface area contributed by atoms with Gasteiger partial charge in [0.05, 0.1) is 19.8 Å². The zero-order valence-corrected chi connectivity index (χ0v) is 12.9. The quantitative estimate of drug-likeness (QED) is 0.313. The first-order valence-electron chi connectivity index (χ1n) is 6.63. The van der Waals surface area contributed by atoms with Gasteiger partial charge in [0, 0.05) is 6.08 Å². The summed E-state index contributed by atoms with van der Waals surface area (Å²) in [4.78, 5) is 11.6. The third kappa shape index (κ3) is 5.91. The fourth-order valence-corrected chi connectivity index (χ4v) is 2.27. The molecule has 0 spiro atoms. The molecule has 5 nitrogen and oxygen atoms in total. The van der Waals surface area contributed by atoms with Crippen LogP contribution in [0.1, 0.15) is 40.0 Å². The van der Waals surface area contributed by atoms with Gasteiger partial charge in [-0.1, -0.05) is 31.9 Å². The van der Waals surface area contributed by atoms with E-state index in [-0.39, 0.29) is 0 Å². The lowest BCUT2D eigenvalue weighted by atomic mass is 10.5. The number of hydrogen-bond acceptors (Lipinski definition) is 5. The van der Waals surface area contributed by atoms with Crippen LogP contribution in [0.4, 0.5) is 0 Å². The van der Waals surface area contributed by atoms with Crippen LogP contribution in [0, 0.1) is 0 Å². The minimum absolute atomic E-state index is 0.304. The Hall–Kier alpha value is -0.610. The summed E-state index contributed by atoms with van der Waals surface area (Å²) in [7, 11) is -2.50. The molecule has 0 aromatic rings. The van der Waals surface area contributed by atoms with E-state index >= 15 is 0 Å². The second-order valence-corrected chi connectivity index (χ2v) is 5.48. The van der Waals surface area contributed by atoms with Gasteiger partial charge in [0.15, 0.2) is 0 Å². The van der Waals surface area contributed by atoms with E-state index in [1.54, 1.807) is 0 Å². The van der Waals surface area contributed by atoms with Gasteiger partial charge in [-0.3, -0.25) is 14.2 Å². The predicted molar refractivity (Wildman–Crippen MR) is 74.3 cm³/mol. The Bertz CT molecular complexity index is 282. The van der Waals surface area contributed by atoms with Gasteiger partial charge in [0.2, 0.25) is 0 Å². The first kappa shape index (κ1) is 18.4. The second kappa shape index (κ2) is 10.2. The highest BCUT2D eigenvalue weighted by Gasteiger charge is 2.58. The fraction of sp³-hybridized carbons (Fsp3) is 0.769. The topological polar surface area (TPSA) is 61.8 Å². The molecular formula is C13H24O5P+. The van der Waals surface area contributed by atoms with Crippen molar-refractivity contribution in [3.8, 4) is 0 Å². The molecule has 0 aliphatic carbocycles. The molecule has 0 saturated heterocycles. The summed E-state index contributed by atoms with van der Waals surface area (Å²) in [6.45, 7) is 9.98. The molecule has 110 valence electrons. The van der Waals surface area contributed by atoms with Crippen molar-refractivity contribution >= 4 is 13.3 Å². The number of rotatable bonds is 12. The van der Waals surface area contributed by atoms with Crippen molar-refractivity contribution < 1.29 is 23.6 Å². The number of carbonyl (C=O) groups is 1. The van der Waals surface area contributed by atoms with Crippen LogP contribution in [0.15, 0.2) is 12.7 Å². The normalized spacial score (nSPS) is 12.3. The highest BCUT2D eigenvalue weighted by Crippen LogP contribution is 2.43. The standard InChI is InChI=1S/C13H24O5P/c1-5-9-16-13(17-10-6-2,18-11-7-3)19(15)12(14)8-4/h8H,4-7,9-11H2,1-3H3/q+1. The van der Waals surface area contributed by atoms with Gasteiger partial charge in [0.1, 0.15) is 0 Å². The Labute approximate surface area is 116 Å². The van der Waals surface area contributed by atoms with E-state index in [9.17, 15) is 9.36 Å². The average Bonchev–Trinajstić information content (AvgIpc) is 2.45. The van der Waals surface area contributed by atoms with Crippen LogP contribution in [0.3, 0.4) is 0 Å². The lowest BCUT2D eigenvalue weighted by Crippen LogP contribution is -2.38. The molecule has 0 aromatic heterocycles. The highest BCUT2D eigenvalue weighted by atomic mass is 31.1. The summed E-state index contributed by atoms with van der Waals surface area (Å²) in [6.07, 6.45) is 3.13. The molecule has 0 fully saturated rings. The van der Waals surface area contributed by atoms with Gasteiger partial charge in [-0.25, -0.2) is 4.79 Å². The molecule has 0 heterocycles. The number of allylic oxidation sites excluding steroid dienone is 1. The summed E-state index contributed by atoms with van der Waals surface area (Å²) >= 11 is 0. The average molecular weight is 291 g/mol. The molecule has 0 aliphatic heterocycles. The molecule has 0 bridgehead atoms. The van der Waals surface area contributed by atoms with Crippen molar-refractivity contribution in [1.82, 2.24) is 0 Å². The van der Waals surface area contributed by atoms with Crippen molar-refractivity contribution in [3.63, 3.8) is 0 Å². The summed E-state index contributed by atoms with van der Waals surface area (Å²) in [5.74, 6) is 0. The molecule has 0 saturated carbocycles. The Morgan fingerprint density at radius 1 is 1.05 bits per heavy atom. The monoisotopic (exact) mass is 291 g/mol. The fourth-order valence-electron chi connectivity index (χ4n) is 1.21. The Morgan fingerprint density at radius 2 is 1.42 bits per heavy atom. The Morgan fingerprint density at radius 3 is 1.68 bits per heavy atom. The van der Waals surface area contributed by atoms with Crippen LogP contribution in [-0.4, -0.2) is 31.1 Å². The first-order valence-corrected chi connectivity index (χ1v) is 7.89. The van der Waals surface area contributed by atoms with Gasteiger partial charge in [-0.05, 0) is 19.3 Å². The van der Waals surface area contributed by atoms with Crippen LogP contribution in [0.5, 0.6) is 0 Å². The van der Waals surface area contributed by atoms with E-state index in [4.69, 9.17) is 14.2 Å². The number of hydrogen-bond donors (Lipinski definition) is 0. The molecule has 0 aliphatic rings. The van der Waals surface area contributed by atoms with Crippen LogP contribution >= 0.6 is 7.80 Å². The molecule has 0 aromatic carbocycles. The molecule has 1 unspecified atom stereocenters. The first-order chi connectivity index (χ1) is 9.07. The van der Waals surface area contributed by atoms with Crippen molar-refractivity contribution in [2.45, 2.75) is 45.7 Å². The van der Waals surface area contributed by atoms with Gasteiger partial charge in [-0.2, -0.15) is 0 Å². The van der Waals surface area contributed by atoms with Crippen LogP contribution < -0.4 is 0 Å². The van der Waals surface area contributed by atoms with E-state index in [1.165, 1.54) is 0 Å². The second-order valence-electron chi connectivity index (χ2n) is 3.91. The van der Waals surface area contributed by atoms with Gasteiger partial charge >= 0.3 is 19.0 Å².